The van der Waals surface area contributed by atoms with Crippen molar-refractivity contribution < 1.29 is 0 Å². The first-order chi connectivity index (χ1) is 9.90. The fourth-order valence-corrected chi connectivity index (χ4v) is 3.07. The second-order valence-electron chi connectivity index (χ2n) is 5.39. The van der Waals surface area contributed by atoms with E-state index < -0.39 is 0 Å². The molecule has 3 rings (SSSR count). The fraction of sp³-hybridized carbons (Fsp3) is 0.438. The summed E-state index contributed by atoms with van der Waals surface area (Å²) in [5, 5.41) is 8.02. The highest BCUT2D eigenvalue weighted by atomic mass is 15.3. The SMILES string of the molecule is NCCNc1cnn(-c2ccccc2)c1C1CCCC1. The summed E-state index contributed by atoms with van der Waals surface area (Å²) in [4.78, 5) is 0. The Morgan fingerprint density at radius 3 is 2.65 bits per heavy atom. The van der Waals surface area contributed by atoms with Crippen molar-refractivity contribution in [3.63, 3.8) is 0 Å². The Morgan fingerprint density at radius 1 is 1.20 bits per heavy atom. The second-order valence-corrected chi connectivity index (χ2v) is 5.39. The molecule has 1 aromatic carbocycles. The minimum atomic E-state index is 0.609. The summed E-state index contributed by atoms with van der Waals surface area (Å²) in [6.45, 7) is 1.43. The normalized spacial score (nSPS) is 15.7. The molecule has 1 aliphatic rings. The van der Waals surface area contributed by atoms with Crippen molar-refractivity contribution in [2.45, 2.75) is 31.6 Å². The third-order valence-corrected chi connectivity index (χ3v) is 4.01. The van der Waals surface area contributed by atoms with Gasteiger partial charge in [-0.15, -0.1) is 0 Å². The zero-order valence-electron chi connectivity index (χ0n) is 11.8. The van der Waals surface area contributed by atoms with Gasteiger partial charge in [0, 0.05) is 19.0 Å². The number of hydrogen-bond donors (Lipinski definition) is 2. The van der Waals surface area contributed by atoms with Gasteiger partial charge in [-0.2, -0.15) is 5.10 Å². The summed E-state index contributed by atoms with van der Waals surface area (Å²) in [6.07, 6.45) is 7.10. The molecule has 0 radical (unpaired) electrons. The van der Waals surface area contributed by atoms with E-state index in [1.807, 2.05) is 12.3 Å². The maximum atomic E-state index is 5.61. The van der Waals surface area contributed by atoms with Gasteiger partial charge in [0.2, 0.25) is 0 Å². The minimum absolute atomic E-state index is 0.609. The lowest BCUT2D eigenvalue weighted by Gasteiger charge is -2.16. The molecule has 4 heteroatoms. The van der Waals surface area contributed by atoms with Crippen molar-refractivity contribution in [2.75, 3.05) is 18.4 Å². The van der Waals surface area contributed by atoms with Crippen molar-refractivity contribution >= 4 is 5.69 Å². The second kappa shape index (κ2) is 6.09. The zero-order valence-corrected chi connectivity index (χ0v) is 11.8. The Morgan fingerprint density at radius 2 is 1.95 bits per heavy atom. The van der Waals surface area contributed by atoms with Gasteiger partial charge in [0.05, 0.1) is 23.3 Å². The molecule has 2 aromatic rings. The molecule has 0 saturated heterocycles. The first-order valence-electron chi connectivity index (χ1n) is 7.47. The van der Waals surface area contributed by atoms with Crippen LogP contribution in [0.4, 0.5) is 5.69 Å². The molecule has 0 amide bonds. The molecular weight excluding hydrogens is 248 g/mol. The van der Waals surface area contributed by atoms with E-state index in [1.54, 1.807) is 0 Å². The number of hydrogen-bond acceptors (Lipinski definition) is 3. The Bertz CT molecular complexity index is 541. The smallest absolute Gasteiger partial charge is 0.0767 e. The lowest BCUT2D eigenvalue weighted by molar-refractivity contribution is 0.656. The van der Waals surface area contributed by atoms with E-state index in [1.165, 1.54) is 31.4 Å². The van der Waals surface area contributed by atoms with Gasteiger partial charge in [0.25, 0.3) is 0 Å². The Hall–Kier alpha value is -1.81. The number of aromatic nitrogens is 2. The first-order valence-corrected chi connectivity index (χ1v) is 7.47. The van der Waals surface area contributed by atoms with E-state index in [9.17, 15) is 0 Å². The van der Waals surface area contributed by atoms with Crippen LogP contribution < -0.4 is 11.1 Å². The van der Waals surface area contributed by atoms with Crippen molar-refractivity contribution in [1.82, 2.24) is 9.78 Å². The summed E-state index contributed by atoms with van der Waals surface area (Å²) >= 11 is 0. The lowest BCUT2D eigenvalue weighted by atomic mass is 10.0. The quantitative estimate of drug-likeness (QED) is 0.878. The summed E-state index contributed by atoms with van der Waals surface area (Å²) in [5.41, 5.74) is 9.21. The van der Waals surface area contributed by atoms with Gasteiger partial charge in [-0.25, -0.2) is 4.68 Å². The van der Waals surface area contributed by atoms with Crippen LogP contribution in [0, 0.1) is 0 Å². The van der Waals surface area contributed by atoms with Crippen LogP contribution in [0.1, 0.15) is 37.3 Å². The van der Waals surface area contributed by atoms with Gasteiger partial charge < -0.3 is 11.1 Å². The molecule has 106 valence electrons. The molecule has 1 fully saturated rings. The summed E-state index contributed by atoms with van der Waals surface area (Å²) in [5.74, 6) is 0.609. The standard InChI is InChI=1S/C16H22N4/c17-10-11-18-15-12-19-20(14-8-2-1-3-9-14)16(15)13-6-4-5-7-13/h1-3,8-9,12-13,18H,4-7,10-11,17H2. The predicted octanol–water partition coefficient (Wildman–Crippen LogP) is 2.90. The van der Waals surface area contributed by atoms with E-state index in [2.05, 4.69) is 39.4 Å². The molecule has 0 spiro atoms. The summed E-state index contributed by atoms with van der Waals surface area (Å²) in [6, 6.07) is 10.4. The van der Waals surface area contributed by atoms with Crippen LogP contribution in [-0.2, 0) is 0 Å². The number of nitrogens with two attached hydrogens (primary N) is 1. The molecule has 0 bridgehead atoms. The van der Waals surface area contributed by atoms with Crippen LogP contribution in [0.5, 0.6) is 0 Å². The molecule has 0 aliphatic heterocycles. The summed E-state index contributed by atoms with van der Waals surface area (Å²) < 4.78 is 2.09. The van der Waals surface area contributed by atoms with Crippen LogP contribution in [0.25, 0.3) is 5.69 Å². The Labute approximate surface area is 120 Å². The van der Waals surface area contributed by atoms with Gasteiger partial charge in [-0.3, -0.25) is 0 Å². The topological polar surface area (TPSA) is 55.9 Å². The van der Waals surface area contributed by atoms with Crippen molar-refractivity contribution in [3.8, 4) is 5.69 Å². The highest BCUT2D eigenvalue weighted by Crippen LogP contribution is 2.38. The van der Waals surface area contributed by atoms with Crippen molar-refractivity contribution in [2.24, 2.45) is 5.73 Å². The largest absolute Gasteiger partial charge is 0.381 e. The van der Waals surface area contributed by atoms with E-state index >= 15 is 0 Å². The predicted molar refractivity (Wildman–Crippen MR) is 82.3 cm³/mol. The summed E-state index contributed by atoms with van der Waals surface area (Å²) in [7, 11) is 0. The molecular formula is C16H22N4. The van der Waals surface area contributed by atoms with E-state index in [4.69, 9.17) is 5.73 Å². The third kappa shape index (κ3) is 2.56. The van der Waals surface area contributed by atoms with Gasteiger partial charge in [-0.1, -0.05) is 31.0 Å². The van der Waals surface area contributed by atoms with Gasteiger partial charge in [0.15, 0.2) is 0 Å². The minimum Gasteiger partial charge on any atom is -0.381 e. The van der Waals surface area contributed by atoms with Crippen LogP contribution in [0.2, 0.25) is 0 Å². The first kappa shape index (κ1) is 13.2. The van der Waals surface area contributed by atoms with Crippen LogP contribution in [-0.4, -0.2) is 22.9 Å². The van der Waals surface area contributed by atoms with Gasteiger partial charge in [-0.05, 0) is 25.0 Å². The van der Waals surface area contributed by atoms with Crippen molar-refractivity contribution in [3.05, 3.63) is 42.2 Å². The number of rotatable bonds is 5. The maximum Gasteiger partial charge on any atom is 0.0767 e. The van der Waals surface area contributed by atoms with Crippen LogP contribution in [0.15, 0.2) is 36.5 Å². The number of nitrogens with zero attached hydrogens (tertiary/aromatic N) is 2. The molecule has 0 unspecified atom stereocenters. The molecule has 20 heavy (non-hydrogen) atoms. The number of benzene rings is 1. The fourth-order valence-electron chi connectivity index (χ4n) is 3.07. The lowest BCUT2D eigenvalue weighted by Crippen LogP contribution is -2.15. The van der Waals surface area contributed by atoms with Crippen LogP contribution in [0.3, 0.4) is 0 Å². The van der Waals surface area contributed by atoms with Crippen molar-refractivity contribution in [1.29, 1.82) is 0 Å². The number of anilines is 1. The van der Waals surface area contributed by atoms with E-state index in [0.29, 0.717) is 12.5 Å². The van der Waals surface area contributed by atoms with Gasteiger partial charge in [0.1, 0.15) is 0 Å². The Kier molecular flexibility index (Phi) is 4.02. The number of para-hydroxylation sites is 1. The highest BCUT2D eigenvalue weighted by molar-refractivity contribution is 5.52. The average Bonchev–Trinajstić information content (AvgIpc) is 3.14. The molecule has 1 saturated carbocycles. The molecule has 1 aromatic heterocycles. The molecule has 0 atom stereocenters. The van der Waals surface area contributed by atoms with E-state index in [0.717, 1.165) is 17.9 Å². The Balaban J connectivity index is 1.98. The van der Waals surface area contributed by atoms with Gasteiger partial charge >= 0.3 is 0 Å². The monoisotopic (exact) mass is 270 g/mol. The van der Waals surface area contributed by atoms with E-state index in [-0.39, 0.29) is 0 Å². The van der Waals surface area contributed by atoms with Crippen LogP contribution >= 0.6 is 0 Å². The molecule has 4 nitrogen and oxygen atoms in total. The number of nitrogens with one attached hydrogen (secondary N) is 1. The zero-order chi connectivity index (χ0) is 13.8. The average molecular weight is 270 g/mol. The third-order valence-electron chi connectivity index (χ3n) is 4.01. The highest BCUT2D eigenvalue weighted by Gasteiger charge is 2.24. The molecule has 3 N–H and O–H groups in total. The maximum absolute atomic E-state index is 5.61. The molecule has 1 heterocycles. The molecule has 1 aliphatic carbocycles.